The fourth-order valence-corrected chi connectivity index (χ4v) is 2.74. The molecule has 0 bridgehead atoms. The summed E-state index contributed by atoms with van der Waals surface area (Å²) >= 11 is 6.87. The Kier molecular flexibility index (Phi) is 6.71. The predicted molar refractivity (Wildman–Crippen MR) is 80.8 cm³/mol. The first kappa shape index (κ1) is 15.5. The molecule has 1 unspecified atom stereocenters. The molecule has 0 spiro atoms. The van der Waals surface area contributed by atoms with E-state index in [1.165, 1.54) is 0 Å². The molecule has 1 rings (SSSR count). The molecule has 0 heterocycles. The van der Waals surface area contributed by atoms with Crippen molar-refractivity contribution < 1.29 is 9.53 Å². The quantitative estimate of drug-likeness (QED) is 0.747. The van der Waals surface area contributed by atoms with Crippen LogP contribution in [0.25, 0.3) is 0 Å². The van der Waals surface area contributed by atoms with Crippen LogP contribution in [0.4, 0.5) is 5.69 Å². The first-order valence-electron chi connectivity index (χ1n) is 5.96. The molecule has 100 valence electrons. The average molecular weight is 379 g/mol. The highest BCUT2D eigenvalue weighted by molar-refractivity contribution is 9.11. The lowest BCUT2D eigenvalue weighted by Crippen LogP contribution is -2.31. The van der Waals surface area contributed by atoms with Crippen molar-refractivity contribution in [2.45, 2.75) is 32.7 Å². The van der Waals surface area contributed by atoms with E-state index in [0.717, 1.165) is 27.5 Å². The first-order chi connectivity index (χ1) is 8.58. The molecule has 18 heavy (non-hydrogen) atoms. The summed E-state index contributed by atoms with van der Waals surface area (Å²) in [6.07, 6.45) is 1.67. The molecule has 1 N–H and O–H groups in total. The van der Waals surface area contributed by atoms with E-state index in [-0.39, 0.29) is 12.0 Å². The van der Waals surface area contributed by atoms with Gasteiger partial charge < -0.3 is 10.1 Å². The van der Waals surface area contributed by atoms with Crippen LogP contribution in [0.5, 0.6) is 0 Å². The van der Waals surface area contributed by atoms with Crippen LogP contribution >= 0.6 is 31.9 Å². The summed E-state index contributed by atoms with van der Waals surface area (Å²) in [4.78, 5) is 11.8. The van der Waals surface area contributed by atoms with E-state index in [0.29, 0.717) is 6.61 Å². The van der Waals surface area contributed by atoms with Gasteiger partial charge in [0.25, 0.3) is 0 Å². The maximum atomic E-state index is 11.8. The fourth-order valence-electron chi connectivity index (χ4n) is 1.57. The minimum absolute atomic E-state index is 0.200. The molecule has 1 aromatic carbocycles. The summed E-state index contributed by atoms with van der Waals surface area (Å²) < 4.78 is 6.97. The van der Waals surface area contributed by atoms with E-state index >= 15 is 0 Å². The molecular formula is C13H17Br2NO2. The van der Waals surface area contributed by atoms with Crippen molar-refractivity contribution in [3.05, 3.63) is 27.1 Å². The Morgan fingerprint density at radius 1 is 1.39 bits per heavy atom. The zero-order valence-corrected chi connectivity index (χ0v) is 13.7. The number of rotatable bonds is 6. The maximum absolute atomic E-state index is 11.8. The van der Waals surface area contributed by atoms with Crippen LogP contribution in [-0.4, -0.2) is 18.6 Å². The van der Waals surface area contributed by atoms with Crippen molar-refractivity contribution in [2.24, 2.45) is 0 Å². The Morgan fingerprint density at radius 3 is 2.67 bits per heavy atom. The van der Waals surface area contributed by atoms with Crippen molar-refractivity contribution in [2.75, 3.05) is 11.9 Å². The molecule has 0 radical (unpaired) electrons. The Morgan fingerprint density at radius 2 is 2.11 bits per heavy atom. The molecular weight excluding hydrogens is 362 g/mol. The lowest BCUT2D eigenvalue weighted by atomic mass is 10.1. The lowest BCUT2D eigenvalue weighted by molar-refractivity contribution is -0.144. The van der Waals surface area contributed by atoms with Gasteiger partial charge in [-0.25, -0.2) is 4.79 Å². The number of hydrogen-bond donors (Lipinski definition) is 1. The van der Waals surface area contributed by atoms with Gasteiger partial charge in [0.05, 0.1) is 6.61 Å². The molecule has 0 saturated heterocycles. The Labute approximate surface area is 125 Å². The number of carbonyl (C=O) groups is 1. The van der Waals surface area contributed by atoms with Gasteiger partial charge in [0.1, 0.15) is 6.04 Å². The largest absolute Gasteiger partial charge is 0.464 e. The van der Waals surface area contributed by atoms with E-state index < -0.39 is 0 Å². The van der Waals surface area contributed by atoms with Crippen LogP contribution in [0.1, 0.15) is 26.7 Å². The number of hydrogen-bond acceptors (Lipinski definition) is 3. The van der Waals surface area contributed by atoms with Gasteiger partial charge in [0, 0.05) is 14.6 Å². The minimum atomic E-state index is -0.299. The maximum Gasteiger partial charge on any atom is 0.328 e. The second kappa shape index (κ2) is 7.79. The minimum Gasteiger partial charge on any atom is -0.464 e. The summed E-state index contributed by atoms with van der Waals surface area (Å²) in [7, 11) is 0. The monoisotopic (exact) mass is 377 g/mol. The summed E-state index contributed by atoms with van der Waals surface area (Å²) in [5, 5.41) is 3.22. The zero-order valence-electron chi connectivity index (χ0n) is 10.5. The number of ether oxygens (including phenoxy) is 1. The third kappa shape index (κ3) is 4.61. The van der Waals surface area contributed by atoms with Gasteiger partial charge in [0.15, 0.2) is 0 Å². The lowest BCUT2D eigenvalue weighted by Gasteiger charge is -2.18. The number of carbonyl (C=O) groups excluding carboxylic acids is 1. The number of benzene rings is 1. The molecule has 0 aromatic heterocycles. The predicted octanol–water partition coefficient (Wildman–Crippen LogP) is 4.36. The van der Waals surface area contributed by atoms with Crippen molar-refractivity contribution in [3.8, 4) is 0 Å². The standard InChI is InChI=1S/C13H17Br2NO2/c1-3-5-12(13(17)18-4-2)16-11-7-6-9(14)8-10(11)15/h6-8,12,16H,3-5H2,1-2H3. The van der Waals surface area contributed by atoms with Crippen molar-refractivity contribution in [1.82, 2.24) is 0 Å². The smallest absolute Gasteiger partial charge is 0.328 e. The Bertz CT molecular complexity index is 410. The Balaban J connectivity index is 2.79. The van der Waals surface area contributed by atoms with Crippen molar-refractivity contribution in [3.63, 3.8) is 0 Å². The van der Waals surface area contributed by atoms with Crippen LogP contribution in [0.3, 0.4) is 0 Å². The second-order valence-corrected chi connectivity index (χ2v) is 5.63. The average Bonchev–Trinajstić information content (AvgIpc) is 2.32. The topological polar surface area (TPSA) is 38.3 Å². The highest BCUT2D eigenvalue weighted by Crippen LogP contribution is 2.27. The van der Waals surface area contributed by atoms with Gasteiger partial charge in [-0.15, -0.1) is 0 Å². The molecule has 1 aromatic rings. The Hall–Kier alpha value is -0.550. The van der Waals surface area contributed by atoms with Gasteiger partial charge in [-0.2, -0.15) is 0 Å². The normalized spacial score (nSPS) is 12.0. The van der Waals surface area contributed by atoms with E-state index in [1.54, 1.807) is 0 Å². The summed E-state index contributed by atoms with van der Waals surface area (Å²) in [6.45, 7) is 4.27. The van der Waals surface area contributed by atoms with Gasteiger partial charge in [-0.3, -0.25) is 0 Å². The number of halogens is 2. The van der Waals surface area contributed by atoms with Crippen molar-refractivity contribution >= 4 is 43.5 Å². The third-order valence-electron chi connectivity index (χ3n) is 2.41. The molecule has 0 fully saturated rings. The van der Waals surface area contributed by atoms with E-state index in [1.807, 2.05) is 32.0 Å². The highest BCUT2D eigenvalue weighted by Gasteiger charge is 2.19. The first-order valence-corrected chi connectivity index (χ1v) is 7.55. The van der Waals surface area contributed by atoms with Crippen LogP contribution in [-0.2, 0) is 9.53 Å². The molecule has 0 aliphatic rings. The van der Waals surface area contributed by atoms with Crippen LogP contribution in [0.15, 0.2) is 27.1 Å². The van der Waals surface area contributed by atoms with Gasteiger partial charge in [-0.1, -0.05) is 29.3 Å². The SMILES string of the molecule is CCCC(Nc1ccc(Br)cc1Br)C(=O)OCC. The summed E-state index contributed by atoms with van der Waals surface area (Å²) in [5.41, 5.74) is 0.893. The molecule has 0 aliphatic carbocycles. The number of esters is 1. The molecule has 5 heteroatoms. The van der Waals surface area contributed by atoms with Gasteiger partial charge in [0.2, 0.25) is 0 Å². The van der Waals surface area contributed by atoms with Gasteiger partial charge in [-0.05, 0) is 47.5 Å². The number of nitrogens with one attached hydrogen (secondary N) is 1. The van der Waals surface area contributed by atoms with E-state index in [9.17, 15) is 4.79 Å². The molecule has 0 amide bonds. The molecule has 3 nitrogen and oxygen atoms in total. The highest BCUT2D eigenvalue weighted by atomic mass is 79.9. The van der Waals surface area contributed by atoms with E-state index in [4.69, 9.17) is 4.74 Å². The molecule has 0 aliphatic heterocycles. The second-order valence-electron chi connectivity index (χ2n) is 3.86. The number of anilines is 1. The summed E-state index contributed by atoms with van der Waals surface area (Å²) in [6, 6.07) is 5.50. The summed E-state index contributed by atoms with van der Waals surface area (Å²) in [5.74, 6) is -0.200. The fraction of sp³-hybridized carbons (Fsp3) is 0.462. The van der Waals surface area contributed by atoms with Crippen LogP contribution in [0.2, 0.25) is 0 Å². The van der Waals surface area contributed by atoms with Crippen LogP contribution in [0, 0.1) is 0 Å². The third-order valence-corrected chi connectivity index (χ3v) is 3.56. The van der Waals surface area contributed by atoms with Gasteiger partial charge >= 0.3 is 5.97 Å². The van der Waals surface area contributed by atoms with E-state index in [2.05, 4.69) is 37.2 Å². The molecule has 0 saturated carbocycles. The molecule has 1 atom stereocenters. The van der Waals surface area contributed by atoms with Crippen LogP contribution < -0.4 is 5.32 Å². The van der Waals surface area contributed by atoms with Crippen molar-refractivity contribution in [1.29, 1.82) is 0 Å². The zero-order chi connectivity index (χ0) is 13.5.